The first-order valence-corrected chi connectivity index (χ1v) is 3.44. The van der Waals surface area contributed by atoms with Gasteiger partial charge in [-0.15, -0.1) is 0 Å². The van der Waals surface area contributed by atoms with E-state index in [0.29, 0.717) is 0 Å². The molecule has 72 valence electrons. The lowest BCUT2D eigenvalue weighted by Gasteiger charge is -1.79. The fraction of sp³-hybridized carbons (Fsp3) is 0. The lowest BCUT2D eigenvalue weighted by molar-refractivity contribution is 0.562. The van der Waals surface area contributed by atoms with Gasteiger partial charge in [-0.1, -0.05) is 37.4 Å². The fourth-order valence-corrected chi connectivity index (χ4v) is 0.557. The van der Waals surface area contributed by atoms with E-state index in [-0.39, 0.29) is 0 Å². The smallest absolute Gasteiger partial charge is 0.222 e. The monoisotopic (exact) mass is 190 g/mol. The number of nitrogens with one attached hydrogen (secondary N) is 2. The average Bonchev–Trinajstić information content (AvgIpc) is 2.13. The van der Waals surface area contributed by atoms with Gasteiger partial charge in [0.25, 0.3) is 0 Å². The highest BCUT2D eigenvalue weighted by Gasteiger charge is 1.71. The fourth-order valence-electron chi connectivity index (χ4n) is 0.557. The molecule has 0 heterocycles. The standard InChI is InChI=1S/C8H8.2CHNO/c1-7-5-3-4-6-8(7)2;2*2-1-3/h3-6H,1-2H2;2*2H. The zero-order valence-corrected chi connectivity index (χ0v) is 7.54. The summed E-state index contributed by atoms with van der Waals surface area (Å²) in [6.45, 7) is 7.52. The van der Waals surface area contributed by atoms with Crippen molar-refractivity contribution in [3.8, 4) is 0 Å². The molecular weight excluding hydrogens is 180 g/mol. The van der Waals surface area contributed by atoms with Crippen molar-refractivity contribution in [3.05, 3.63) is 34.7 Å². The van der Waals surface area contributed by atoms with Crippen LogP contribution in [0.2, 0.25) is 0 Å². The molecule has 1 rings (SSSR count). The Morgan fingerprint density at radius 1 is 0.929 bits per heavy atom. The second kappa shape index (κ2) is 10.7. The molecule has 0 saturated heterocycles. The molecule has 2 N–H and O–H groups in total. The predicted molar refractivity (Wildman–Crippen MR) is 53.6 cm³/mol. The van der Waals surface area contributed by atoms with Crippen LogP contribution in [0.4, 0.5) is 0 Å². The molecule has 0 aliphatic rings. The largest absolute Gasteiger partial charge is 0.231 e. The summed E-state index contributed by atoms with van der Waals surface area (Å²) >= 11 is 0. The number of hydrogen-bond donors (Lipinski definition) is 2. The first-order valence-electron chi connectivity index (χ1n) is 3.44. The van der Waals surface area contributed by atoms with Crippen LogP contribution in [0.5, 0.6) is 0 Å². The molecule has 0 radical (unpaired) electrons. The van der Waals surface area contributed by atoms with E-state index in [9.17, 15) is 0 Å². The van der Waals surface area contributed by atoms with Crippen molar-refractivity contribution in [2.24, 2.45) is 0 Å². The van der Waals surface area contributed by atoms with Crippen molar-refractivity contribution in [2.75, 3.05) is 0 Å². The summed E-state index contributed by atoms with van der Waals surface area (Å²) in [7, 11) is 0. The summed E-state index contributed by atoms with van der Waals surface area (Å²) in [5.41, 5.74) is 0. The minimum atomic E-state index is 0.750. The van der Waals surface area contributed by atoms with Crippen molar-refractivity contribution in [2.45, 2.75) is 0 Å². The molecule has 0 spiro atoms. The van der Waals surface area contributed by atoms with Gasteiger partial charge in [0.15, 0.2) is 0 Å². The number of hydrogen-bond acceptors (Lipinski definition) is 4. The summed E-state index contributed by atoms with van der Waals surface area (Å²) in [5, 5.41) is 12.8. The quantitative estimate of drug-likeness (QED) is 0.456. The predicted octanol–water partition coefficient (Wildman–Crippen LogP) is 0.309. The Labute approximate surface area is 81.2 Å². The van der Waals surface area contributed by atoms with Crippen LogP contribution in [0.3, 0.4) is 0 Å². The van der Waals surface area contributed by atoms with E-state index >= 15 is 0 Å². The zero-order chi connectivity index (χ0) is 11.4. The molecular formula is C10H10N2O2. The number of rotatable bonds is 0. The third-order valence-electron chi connectivity index (χ3n) is 1.12. The van der Waals surface area contributed by atoms with E-state index < -0.39 is 0 Å². The summed E-state index contributed by atoms with van der Waals surface area (Å²) in [5.74, 6) is 0. The molecule has 4 nitrogen and oxygen atoms in total. The van der Waals surface area contributed by atoms with E-state index in [1.807, 2.05) is 24.3 Å². The zero-order valence-electron chi connectivity index (χ0n) is 7.54. The Hall–Kier alpha value is -2.28. The van der Waals surface area contributed by atoms with Crippen molar-refractivity contribution in [3.63, 3.8) is 0 Å². The van der Waals surface area contributed by atoms with Crippen molar-refractivity contribution in [1.29, 1.82) is 10.8 Å². The van der Waals surface area contributed by atoms with Gasteiger partial charge in [0.05, 0.1) is 0 Å². The Bertz CT molecular complexity index is 373. The molecule has 4 heteroatoms. The molecule has 0 aromatic heterocycles. The van der Waals surface area contributed by atoms with Gasteiger partial charge in [-0.3, -0.25) is 0 Å². The van der Waals surface area contributed by atoms with E-state index in [2.05, 4.69) is 13.2 Å². The molecule has 0 aliphatic heterocycles. The van der Waals surface area contributed by atoms with Crippen molar-refractivity contribution in [1.82, 2.24) is 0 Å². The van der Waals surface area contributed by atoms with Crippen molar-refractivity contribution < 1.29 is 9.59 Å². The van der Waals surface area contributed by atoms with Crippen LogP contribution in [-0.2, 0) is 9.59 Å². The maximum atomic E-state index is 8.35. The summed E-state index contributed by atoms with van der Waals surface area (Å²) in [6.07, 6.45) is 1.50. The first-order chi connectivity index (χ1) is 6.63. The van der Waals surface area contributed by atoms with Crippen LogP contribution >= 0.6 is 0 Å². The molecule has 0 amide bonds. The number of benzene rings is 1. The maximum Gasteiger partial charge on any atom is 0.231 e. The molecule has 1 aromatic rings. The first kappa shape index (κ1) is 14.3. The van der Waals surface area contributed by atoms with Crippen LogP contribution < -0.4 is 10.4 Å². The minimum absolute atomic E-state index is 0.750. The van der Waals surface area contributed by atoms with Gasteiger partial charge < -0.3 is 0 Å². The van der Waals surface area contributed by atoms with E-state index in [4.69, 9.17) is 20.4 Å². The normalized spacial score (nSPS) is 6.29. The topological polar surface area (TPSA) is 81.8 Å². The Kier molecular flexibility index (Phi) is 10.9. The van der Waals surface area contributed by atoms with Crippen LogP contribution in [0, 0.1) is 10.8 Å². The highest BCUT2D eigenvalue weighted by atomic mass is 16.1. The Morgan fingerprint density at radius 2 is 1.14 bits per heavy atom. The molecule has 0 fully saturated rings. The molecule has 0 bridgehead atoms. The Balaban J connectivity index is 0. The number of carbonyl (C=O) groups excluding carboxylic acids is 2. The molecule has 0 saturated carbocycles. The van der Waals surface area contributed by atoms with Crippen LogP contribution in [-0.4, -0.2) is 12.2 Å². The highest BCUT2D eigenvalue weighted by Crippen LogP contribution is 1.66. The van der Waals surface area contributed by atoms with Crippen LogP contribution in [0.15, 0.2) is 24.3 Å². The number of isocyanates is 2. The van der Waals surface area contributed by atoms with Crippen molar-refractivity contribution >= 4 is 25.3 Å². The average molecular weight is 190 g/mol. The maximum absolute atomic E-state index is 8.35. The molecule has 0 atom stereocenters. The lowest BCUT2D eigenvalue weighted by Crippen LogP contribution is -2.19. The molecule has 0 unspecified atom stereocenters. The van der Waals surface area contributed by atoms with E-state index in [1.54, 1.807) is 0 Å². The van der Waals surface area contributed by atoms with Gasteiger partial charge in [-0.05, 0) is 10.4 Å². The molecule has 1 aromatic carbocycles. The van der Waals surface area contributed by atoms with Gasteiger partial charge in [0, 0.05) is 0 Å². The lowest BCUT2D eigenvalue weighted by atomic mass is 10.3. The third kappa shape index (κ3) is 9.72. The van der Waals surface area contributed by atoms with E-state index in [1.165, 1.54) is 0 Å². The minimum Gasteiger partial charge on any atom is -0.222 e. The van der Waals surface area contributed by atoms with Gasteiger partial charge >= 0.3 is 0 Å². The SMILES string of the molecule is C=c1ccccc1=C.N=C=O.N=C=O. The van der Waals surface area contributed by atoms with Crippen LogP contribution in [0.1, 0.15) is 0 Å². The van der Waals surface area contributed by atoms with Gasteiger partial charge in [0.2, 0.25) is 12.2 Å². The van der Waals surface area contributed by atoms with Gasteiger partial charge in [-0.25, -0.2) is 20.4 Å². The second-order valence-electron chi connectivity index (χ2n) is 1.97. The van der Waals surface area contributed by atoms with Gasteiger partial charge in [-0.2, -0.15) is 0 Å². The van der Waals surface area contributed by atoms with Gasteiger partial charge in [0.1, 0.15) is 0 Å². The Morgan fingerprint density at radius 3 is 1.29 bits per heavy atom. The third-order valence-corrected chi connectivity index (χ3v) is 1.12. The summed E-state index contributed by atoms with van der Waals surface area (Å²) in [6, 6.07) is 7.80. The van der Waals surface area contributed by atoms with E-state index in [0.717, 1.165) is 22.6 Å². The highest BCUT2D eigenvalue weighted by molar-refractivity contribution is 5.26. The van der Waals surface area contributed by atoms with Crippen LogP contribution in [0.25, 0.3) is 13.2 Å². The molecule has 14 heavy (non-hydrogen) atoms. The molecule has 0 aliphatic carbocycles. The summed E-state index contributed by atoms with van der Waals surface area (Å²) in [4.78, 5) is 16.7. The second-order valence-corrected chi connectivity index (χ2v) is 1.97. The summed E-state index contributed by atoms with van der Waals surface area (Å²) < 4.78 is 0.